The molecule has 0 bridgehead atoms. The van der Waals surface area contributed by atoms with Crippen molar-refractivity contribution >= 4 is 32.3 Å². The molecule has 0 spiro atoms. The SMILES string of the molecule is CC.CN.Cc1ccc2ccc3cc(C(C)(C)C)cc4ccc1c2c34. The van der Waals surface area contributed by atoms with Crippen molar-refractivity contribution in [3.63, 3.8) is 0 Å². The number of rotatable bonds is 0. The summed E-state index contributed by atoms with van der Waals surface area (Å²) >= 11 is 0. The highest BCUT2D eigenvalue weighted by Crippen LogP contribution is 2.38. The van der Waals surface area contributed by atoms with Crippen LogP contribution in [0.3, 0.4) is 0 Å². The maximum absolute atomic E-state index is 4.50. The Morgan fingerprint density at radius 1 is 0.680 bits per heavy atom. The lowest BCUT2D eigenvalue weighted by molar-refractivity contribution is 0.591. The third kappa shape index (κ3) is 3.34. The van der Waals surface area contributed by atoms with Crippen molar-refractivity contribution in [2.24, 2.45) is 5.73 Å². The number of nitrogens with two attached hydrogens (primary N) is 1. The first-order chi connectivity index (χ1) is 11.9. The molecule has 0 fully saturated rings. The van der Waals surface area contributed by atoms with E-state index in [0.29, 0.717) is 0 Å². The molecule has 1 nitrogen and oxygen atoms in total. The summed E-state index contributed by atoms with van der Waals surface area (Å²) in [5.74, 6) is 0. The van der Waals surface area contributed by atoms with Gasteiger partial charge in [0.2, 0.25) is 0 Å². The lowest BCUT2D eigenvalue weighted by atomic mass is 9.83. The van der Waals surface area contributed by atoms with Gasteiger partial charge in [0.1, 0.15) is 0 Å². The van der Waals surface area contributed by atoms with Crippen LogP contribution in [0.1, 0.15) is 45.7 Å². The number of benzene rings is 4. The van der Waals surface area contributed by atoms with Gasteiger partial charge in [0.15, 0.2) is 0 Å². The Bertz CT molecular complexity index is 955. The van der Waals surface area contributed by atoms with Crippen LogP contribution in [0.2, 0.25) is 0 Å². The van der Waals surface area contributed by atoms with Crippen molar-refractivity contribution in [2.45, 2.75) is 47.0 Å². The van der Waals surface area contributed by atoms with Crippen molar-refractivity contribution in [1.82, 2.24) is 0 Å². The fourth-order valence-corrected chi connectivity index (χ4v) is 3.40. The molecule has 0 aliphatic rings. The highest BCUT2D eigenvalue weighted by atomic mass is 14.4. The van der Waals surface area contributed by atoms with Crippen molar-refractivity contribution in [3.8, 4) is 0 Å². The van der Waals surface area contributed by atoms with E-state index in [0.717, 1.165) is 0 Å². The van der Waals surface area contributed by atoms with E-state index >= 15 is 0 Å². The largest absolute Gasteiger partial charge is 0.333 e. The van der Waals surface area contributed by atoms with Gasteiger partial charge in [-0.25, -0.2) is 0 Å². The van der Waals surface area contributed by atoms with Crippen LogP contribution in [-0.2, 0) is 5.41 Å². The molecule has 2 N–H and O–H groups in total. The second-order valence-electron chi connectivity index (χ2n) is 7.21. The summed E-state index contributed by atoms with van der Waals surface area (Å²) in [5, 5.41) is 8.29. The minimum Gasteiger partial charge on any atom is -0.333 e. The molecule has 4 rings (SSSR count). The molecule has 0 aliphatic heterocycles. The summed E-state index contributed by atoms with van der Waals surface area (Å²) in [6, 6.07) is 18.3. The van der Waals surface area contributed by atoms with E-state index in [1.807, 2.05) is 13.8 Å². The topological polar surface area (TPSA) is 26.0 Å². The van der Waals surface area contributed by atoms with E-state index in [-0.39, 0.29) is 5.41 Å². The fraction of sp³-hybridized carbons (Fsp3) is 0.333. The third-order valence-electron chi connectivity index (χ3n) is 4.68. The van der Waals surface area contributed by atoms with Gasteiger partial charge >= 0.3 is 0 Å². The molecule has 0 amide bonds. The summed E-state index contributed by atoms with van der Waals surface area (Å²) in [6.45, 7) is 13.0. The van der Waals surface area contributed by atoms with Crippen LogP contribution < -0.4 is 5.73 Å². The molecule has 0 unspecified atom stereocenters. The Kier molecular flexibility index (Phi) is 5.69. The van der Waals surface area contributed by atoms with Crippen LogP contribution in [0.4, 0.5) is 0 Å². The molecule has 0 aromatic heterocycles. The highest BCUT2D eigenvalue weighted by Gasteiger charge is 2.17. The smallest absolute Gasteiger partial charge is 0.00241 e. The molecule has 0 aliphatic carbocycles. The zero-order chi connectivity index (χ0) is 18.8. The Balaban J connectivity index is 0.000000528. The van der Waals surface area contributed by atoms with Gasteiger partial charge < -0.3 is 5.73 Å². The molecule has 0 radical (unpaired) electrons. The van der Waals surface area contributed by atoms with Crippen LogP contribution in [0.15, 0.2) is 48.5 Å². The molecule has 25 heavy (non-hydrogen) atoms. The highest BCUT2D eigenvalue weighted by molar-refractivity contribution is 6.23. The van der Waals surface area contributed by atoms with Gasteiger partial charge in [-0.05, 0) is 62.8 Å². The standard InChI is InChI=1S/C21H20.C2H6.CH5N/c1-13-5-6-14-7-8-15-11-17(21(2,3)4)12-16-9-10-18(13)20(14)19(15)16;2*1-2/h5-12H,1-4H3;1-2H3;2H2,1H3. The average Bonchev–Trinajstić information content (AvgIpc) is 2.63. The van der Waals surface area contributed by atoms with Gasteiger partial charge in [-0.3, -0.25) is 0 Å². The zero-order valence-electron chi connectivity index (χ0n) is 16.7. The van der Waals surface area contributed by atoms with Crippen LogP contribution in [0.5, 0.6) is 0 Å². The zero-order valence-corrected chi connectivity index (χ0v) is 16.7. The number of hydrogen-bond acceptors (Lipinski definition) is 1. The van der Waals surface area contributed by atoms with Gasteiger partial charge in [0.25, 0.3) is 0 Å². The van der Waals surface area contributed by atoms with Crippen LogP contribution in [0.25, 0.3) is 32.3 Å². The summed E-state index contributed by atoms with van der Waals surface area (Å²) < 4.78 is 0. The van der Waals surface area contributed by atoms with E-state index in [9.17, 15) is 0 Å². The third-order valence-corrected chi connectivity index (χ3v) is 4.68. The first-order valence-corrected chi connectivity index (χ1v) is 9.21. The van der Waals surface area contributed by atoms with Crippen LogP contribution in [-0.4, -0.2) is 7.05 Å². The molecule has 4 aromatic rings. The first kappa shape index (κ1) is 19.2. The summed E-state index contributed by atoms with van der Waals surface area (Å²) in [7, 11) is 1.50. The molecule has 0 atom stereocenters. The fourth-order valence-electron chi connectivity index (χ4n) is 3.40. The van der Waals surface area contributed by atoms with Gasteiger partial charge in [-0.2, -0.15) is 0 Å². The number of aryl methyl sites for hydroxylation is 1. The molecule has 0 heterocycles. The normalized spacial score (nSPS) is 11.2. The monoisotopic (exact) mass is 333 g/mol. The lowest BCUT2D eigenvalue weighted by Crippen LogP contribution is -2.10. The van der Waals surface area contributed by atoms with E-state index in [2.05, 4.69) is 82.0 Å². The van der Waals surface area contributed by atoms with Gasteiger partial charge in [0, 0.05) is 0 Å². The first-order valence-electron chi connectivity index (χ1n) is 9.21. The Morgan fingerprint density at radius 2 is 1.16 bits per heavy atom. The quantitative estimate of drug-likeness (QED) is 0.352. The van der Waals surface area contributed by atoms with E-state index in [1.165, 1.54) is 50.5 Å². The molecule has 1 heteroatoms. The van der Waals surface area contributed by atoms with E-state index in [4.69, 9.17) is 0 Å². The van der Waals surface area contributed by atoms with Crippen molar-refractivity contribution in [3.05, 3.63) is 59.7 Å². The predicted octanol–water partition coefficient (Wildman–Crippen LogP) is 6.79. The molecule has 0 saturated heterocycles. The van der Waals surface area contributed by atoms with E-state index < -0.39 is 0 Å². The van der Waals surface area contributed by atoms with Crippen LogP contribution >= 0.6 is 0 Å². The molecule has 0 saturated carbocycles. The predicted molar refractivity (Wildman–Crippen MR) is 115 cm³/mol. The molecular formula is C24H31N. The number of hydrogen-bond donors (Lipinski definition) is 1. The maximum atomic E-state index is 4.50. The average molecular weight is 334 g/mol. The summed E-state index contributed by atoms with van der Waals surface area (Å²) in [6.07, 6.45) is 0. The summed E-state index contributed by atoms with van der Waals surface area (Å²) in [5.41, 5.74) is 7.45. The minimum atomic E-state index is 0.181. The lowest BCUT2D eigenvalue weighted by Gasteiger charge is -2.21. The van der Waals surface area contributed by atoms with Gasteiger partial charge in [-0.1, -0.05) is 83.1 Å². The summed E-state index contributed by atoms with van der Waals surface area (Å²) in [4.78, 5) is 0. The second kappa shape index (κ2) is 7.41. The Labute approximate surface area is 152 Å². The second-order valence-corrected chi connectivity index (χ2v) is 7.21. The van der Waals surface area contributed by atoms with Gasteiger partial charge in [-0.15, -0.1) is 0 Å². The Hall–Kier alpha value is -2.12. The molecule has 4 aromatic carbocycles. The maximum Gasteiger partial charge on any atom is -0.00241 e. The van der Waals surface area contributed by atoms with Crippen molar-refractivity contribution in [1.29, 1.82) is 0 Å². The van der Waals surface area contributed by atoms with Crippen molar-refractivity contribution in [2.75, 3.05) is 7.05 Å². The molecular weight excluding hydrogens is 302 g/mol. The Morgan fingerprint density at radius 3 is 1.72 bits per heavy atom. The van der Waals surface area contributed by atoms with Crippen LogP contribution in [0, 0.1) is 6.92 Å². The van der Waals surface area contributed by atoms with E-state index in [1.54, 1.807) is 0 Å². The van der Waals surface area contributed by atoms with Crippen molar-refractivity contribution < 1.29 is 0 Å². The minimum absolute atomic E-state index is 0.181. The van der Waals surface area contributed by atoms with Gasteiger partial charge in [0.05, 0.1) is 0 Å². The molecule has 132 valence electrons.